The molecule has 0 spiro atoms. The quantitative estimate of drug-likeness (QED) is 0.784. The third-order valence-corrected chi connectivity index (χ3v) is 2.84. The minimum absolute atomic E-state index is 0.126. The van der Waals surface area contributed by atoms with Crippen LogP contribution in [0.4, 0.5) is 0 Å². The average Bonchev–Trinajstić information content (AvgIpc) is 2.34. The summed E-state index contributed by atoms with van der Waals surface area (Å²) in [5.74, 6) is 3.43. The lowest BCUT2D eigenvalue weighted by Crippen LogP contribution is -2.26. The third-order valence-electron chi connectivity index (χ3n) is 2.55. The molecule has 0 aliphatic heterocycles. The Balaban J connectivity index is 2.58. The largest absolute Gasteiger partial charge is 0.495 e. The highest BCUT2D eigenvalue weighted by atomic mass is 35.5. The average molecular weight is 252 g/mol. The molecule has 0 fully saturated rings. The molecule has 17 heavy (non-hydrogen) atoms. The number of hydrogen-bond donors (Lipinski definition) is 1. The van der Waals surface area contributed by atoms with Crippen LogP contribution in [0.1, 0.15) is 25.3 Å². The molecule has 1 aromatic rings. The van der Waals surface area contributed by atoms with E-state index in [0.29, 0.717) is 10.8 Å². The van der Waals surface area contributed by atoms with Gasteiger partial charge in [-0.15, -0.1) is 6.42 Å². The first-order chi connectivity index (χ1) is 8.21. The molecule has 0 aliphatic rings. The second kappa shape index (κ2) is 7.21. The fourth-order valence-corrected chi connectivity index (χ4v) is 1.87. The van der Waals surface area contributed by atoms with E-state index in [0.717, 1.165) is 24.9 Å². The molecule has 1 N–H and O–H groups in total. The van der Waals surface area contributed by atoms with Crippen LogP contribution in [0.15, 0.2) is 18.2 Å². The molecular weight excluding hydrogens is 234 g/mol. The van der Waals surface area contributed by atoms with Crippen LogP contribution in [-0.4, -0.2) is 13.2 Å². The highest BCUT2D eigenvalue weighted by Crippen LogP contribution is 2.24. The van der Waals surface area contributed by atoms with E-state index in [4.69, 9.17) is 22.8 Å². The fraction of sp³-hybridized carbons (Fsp3) is 0.429. The summed E-state index contributed by atoms with van der Waals surface area (Å²) in [4.78, 5) is 0. The summed E-state index contributed by atoms with van der Waals surface area (Å²) >= 11 is 6.05. The van der Waals surface area contributed by atoms with Gasteiger partial charge in [-0.1, -0.05) is 36.9 Å². The van der Waals surface area contributed by atoms with Crippen LogP contribution in [0.2, 0.25) is 5.02 Å². The van der Waals surface area contributed by atoms with E-state index in [2.05, 4.69) is 18.2 Å². The topological polar surface area (TPSA) is 21.3 Å². The molecule has 1 aromatic carbocycles. The van der Waals surface area contributed by atoms with Crippen LogP contribution >= 0.6 is 11.6 Å². The summed E-state index contributed by atoms with van der Waals surface area (Å²) in [5.41, 5.74) is 1.10. The summed E-state index contributed by atoms with van der Waals surface area (Å²) in [5, 5.41) is 3.94. The summed E-state index contributed by atoms with van der Waals surface area (Å²) < 4.78 is 5.10. The standard InChI is InChI=1S/C14H18ClNO/c1-4-6-12(5-2)16-10-11-7-8-14(17-3)13(15)9-11/h2,7-9,12,16H,4,6,10H2,1,3H3. The number of rotatable bonds is 6. The minimum Gasteiger partial charge on any atom is -0.495 e. The van der Waals surface area contributed by atoms with Crippen molar-refractivity contribution in [3.05, 3.63) is 28.8 Å². The van der Waals surface area contributed by atoms with Crippen molar-refractivity contribution >= 4 is 11.6 Å². The van der Waals surface area contributed by atoms with Crippen molar-refractivity contribution in [3.8, 4) is 18.1 Å². The number of methoxy groups -OCH3 is 1. The van der Waals surface area contributed by atoms with Crippen LogP contribution in [-0.2, 0) is 6.54 Å². The fourth-order valence-electron chi connectivity index (χ4n) is 1.59. The SMILES string of the molecule is C#CC(CCC)NCc1ccc(OC)c(Cl)c1. The summed E-state index contributed by atoms with van der Waals surface area (Å²) in [7, 11) is 1.61. The van der Waals surface area contributed by atoms with E-state index in [9.17, 15) is 0 Å². The molecule has 0 saturated heterocycles. The Labute approximate surface area is 108 Å². The van der Waals surface area contributed by atoms with Crippen molar-refractivity contribution in [2.75, 3.05) is 7.11 Å². The van der Waals surface area contributed by atoms with Crippen molar-refractivity contribution in [2.24, 2.45) is 0 Å². The zero-order valence-electron chi connectivity index (χ0n) is 10.3. The first-order valence-electron chi connectivity index (χ1n) is 5.73. The Bertz CT molecular complexity index is 398. The van der Waals surface area contributed by atoms with Gasteiger partial charge in [0.05, 0.1) is 18.2 Å². The van der Waals surface area contributed by atoms with Gasteiger partial charge in [0.25, 0.3) is 0 Å². The lowest BCUT2D eigenvalue weighted by Gasteiger charge is -2.12. The molecule has 1 unspecified atom stereocenters. The number of nitrogens with one attached hydrogen (secondary N) is 1. The van der Waals surface area contributed by atoms with Crippen LogP contribution < -0.4 is 10.1 Å². The highest BCUT2D eigenvalue weighted by molar-refractivity contribution is 6.32. The van der Waals surface area contributed by atoms with Gasteiger partial charge in [0.1, 0.15) is 5.75 Å². The van der Waals surface area contributed by atoms with Crippen molar-refractivity contribution in [1.29, 1.82) is 0 Å². The van der Waals surface area contributed by atoms with E-state index in [1.165, 1.54) is 0 Å². The van der Waals surface area contributed by atoms with Crippen molar-refractivity contribution in [3.63, 3.8) is 0 Å². The van der Waals surface area contributed by atoms with Crippen LogP contribution in [0.3, 0.4) is 0 Å². The molecule has 0 saturated carbocycles. The molecule has 1 atom stereocenters. The predicted molar refractivity (Wildman–Crippen MR) is 72.4 cm³/mol. The monoisotopic (exact) mass is 251 g/mol. The number of hydrogen-bond acceptors (Lipinski definition) is 2. The van der Waals surface area contributed by atoms with Crippen molar-refractivity contribution < 1.29 is 4.74 Å². The Morgan fingerprint density at radius 3 is 2.82 bits per heavy atom. The molecule has 0 aliphatic carbocycles. The van der Waals surface area contributed by atoms with Gasteiger partial charge >= 0.3 is 0 Å². The number of ether oxygens (including phenoxy) is 1. The van der Waals surface area contributed by atoms with Crippen LogP contribution in [0.5, 0.6) is 5.75 Å². The van der Waals surface area contributed by atoms with Gasteiger partial charge in [-0.3, -0.25) is 5.32 Å². The molecule has 2 nitrogen and oxygen atoms in total. The first-order valence-corrected chi connectivity index (χ1v) is 6.11. The summed E-state index contributed by atoms with van der Waals surface area (Å²) in [6.07, 6.45) is 7.50. The van der Waals surface area contributed by atoms with Gasteiger partial charge in [-0.25, -0.2) is 0 Å². The van der Waals surface area contributed by atoms with Crippen molar-refractivity contribution in [1.82, 2.24) is 5.32 Å². The molecule has 92 valence electrons. The van der Waals surface area contributed by atoms with Gasteiger partial charge in [-0.05, 0) is 24.1 Å². The first kappa shape index (κ1) is 13.9. The minimum atomic E-state index is 0.126. The number of benzene rings is 1. The van der Waals surface area contributed by atoms with E-state index in [1.807, 2.05) is 18.2 Å². The Morgan fingerprint density at radius 1 is 1.53 bits per heavy atom. The number of terminal acetylenes is 1. The van der Waals surface area contributed by atoms with E-state index < -0.39 is 0 Å². The molecule has 1 rings (SSSR count). The second-order valence-electron chi connectivity index (χ2n) is 3.86. The van der Waals surface area contributed by atoms with E-state index >= 15 is 0 Å². The maximum Gasteiger partial charge on any atom is 0.137 e. The summed E-state index contributed by atoms with van der Waals surface area (Å²) in [6, 6.07) is 5.87. The summed E-state index contributed by atoms with van der Waals surface area (Å²) in [6.45, 7) is 2.84. The van der Waals surface area contributed by atoms with Gasteiger partial charge in [0.15, 0.2) is 0 Å². The smallest absolute Gasteiger partial charge is 0.137 e. The zero-order valence-corrected chi connectivity index (χ0v) is 11.1. The maximum atomic E-state index is 6.05. The maximum absolute atomic E-state index is 6.05. The Kier molecular flexibility index (Phi) is 5.90. The molecule has 0 heterocycles. The second-order valence-corrected chi connectivity index (χ2v) is 4.26. The molecule has 3 heteroatoms. The molecule has 0 radical (unpaired) electrons. The normalized spacial score (nSPS) is 11.9. The van der Waals surface area contributed by atoms with E-state index in [-0.39, 0.29) is 6.04 Å². The van der Waals surface area contributed by atoms with Gasteiger partial charge < -0.3 is 4.74 Å². The predicted octanol–water partition coefficient (Wildman–Crippen LogP) is 3.24. The molecule has 0 bridgehead atoms. The van der Waals surface area contributed by atoms with Crippen molar-refractivity contribution in [2.45, 2.75) is 32.4 Å². The molecule has 0 aromatic heterocycles. The molecular formula is C14H18ClNO. The lowest BCUT2D eigenvalue weighted by atomic mass is 10.1. The van der Waals surface area contributed by atoms with Gasteiger partial charge in [0.2, 0.25) is 0 Å². The lowest BCUT2D eigenvalue weighted by molar-refractivity contribution is 0.415. The Morgan fingerprint density at radius 2 is 2.29 bits per heavy atom. The van der Waals surface area contributed by atoms with Gasteiger partial charge in [-0.2, -0.15) is 0 Å². The third kappa shape index (κ3) is 4.30. The van der Waals surface area contributed by atoms with Gasteiger partial charge in [0, 0.05) is 6.54 Å². The highest BCUT2D eigenvalue weighted by Gasteiger charge is 2.05. The Hall–Kier alpha value is -1.17. The van der Waals surface area contributed by atoms with Crippen LogP contribution in [0.25, 0.3) is 0 Å². The number of halogens is 1. The zero-order chi connectivity index (χ0) is 12.7. The van der Waals surface area contributed by atoms with Crippen LogP contribution in [0, 0.1) is 12.3 Å². The van der Waals surface area contributed by atoms with E-state index in [1.54, 1.807) is 7.11 Å². The molecule has 0 amide bonds.